The Kier molecular flexibility index (Phi) is 4.80. The fourth-order valence-corrected chi connectivity index (χ4v) is 3.58. The molecule has 2 heterocycles. The lowest BCUT2D eigenvalue weighted by Gasteiger charge is -2.18. The molecule has 1 unspecified atom stereocenters. The van der Waals surface area contributed by atoms with E-state index in [4.69, 9.17) is 4.74 Å². The Bertz CT molecular complexity index is 1260. The Balaban J connectivity index is 1.69. The Morgan fingerprint density at radius 1 is 1.17 bits per heavy atom. The van der Waals surface area contributed by atoms with E-state index < -0.39 is 6.04 Å². The monoisotopic (exact) mass is 390 g/mol. The van der Waals surface area contributed by atoms with E-state index >= 15 is 0 Å². The van der Waals surface area contributed by atoms with Crippen molar-refractivity contribution in [3.63, 3.8) is 0 Å². The number of carbonyl (C=O) groups is 1. The summed E-state index contributed by atoms with van der Waals surface area (Å²) < 4.78 is 8.88. The number of amides is 1. The molecule has 0 aliphatic heterocycles. The molecule has 0 saturated heterocycles. The van der Waals surface area contributed by atoms with Gasteiger partial charge in [0.05, 0.1) is 12.6 Å². The van der Waals surface area contributed by atoms with Gasteiger partial charge >= 0.3 is 0 Å². The van der Waals surface area contributed by atoms with Crippen LogP contribution in [0, 0.1) is 6.92 Å². The van der Waals surface area contributed by atoms with E-state index in [-0.39, 0.29) is 11.5 Å². The highest BCUT2D eigenvalue weighted by Crippen LogP contribution is 2.25. The molecule has 4 rings (SSSR count). The molecule has 0 aliphatic carbocycles. The first-order chi connectivity index (χ1) is 14.0. The third-order valence-corrected chi connectivity index (χ3v) is 5.06. The number of ether oxygens (including phenoxy) is 1. The average molecular weight is 390 g/mol. The highest BCUT2D eigenvalue weighted by molar-refractivity contribution is 5.94. The molecule has 1 amide bonds. The van der Waals surface area contributed by atoms with Gasteiger partial charge in [0.15, 0.2) is 5.65 Å². The molecule has 4 aromatic rings. The predicted octanol–water partition coefficient (Wildman–Crippen LogP) is 2.84. The van der Waals surface area contributed by atoms with E-state index in [1.54, 1.807) is 7.11 Å². The number of nitrogens with one attached hydrogen (secondary N) is 1. The first-order valence-electron chi connectivity index (χ1n) is 9.40. The Hall–Kier alpha value is -3.61. The zero-order chi connectivity index (χ0) is 20.5. The minimum absolute atomic E-state index is 0.124. The van der Waals surface area contributed by atoms with Gasteiger partial charge in [-0.15, -0.1) is 0 Å². The molecule has 7 heteroatoms. The van der Waals surface area contributed by atoms with E-state index in [1.165, 1.54) is 6.07 Å². The standard InChI is InChI=1S/C22H22N4O3/c1-14-12-20(27)24-21-18-6-4-5-7-19(18)26(25(14)21)15(2)22(28)23-13-16-8-10-17(29-3)11-9-16/h4-12,15H,13H2,1-3H3,(H,23,28). The van der Waals surface area contributed by atoms with Crippen molar-refractivity contribution in [2.75, 3.05) is 7.11 Å². The van der Waals surface area contributed by atoms with Gasteiger partial charge in [0, 0.05) is 23.7 Å². The van der Waals surface area contributed by atoms with Crippen molar-refractivity contribution in [2.45, 2.75) is 26.4 Å². The lowest BCUT2D eigenvalue weighted by Crippen LogP contribution is -2.32. The second-order valence-electron chi connectivity index (χ2n) is 6.97. The zero-order valence-electron chi connectivity index (χ0n) is 16.5. The smallest absolute Gasteiger partial charge is 0.273 e. The summed E-state index contributed by atoms with van der Waals surface area (Å²) in [6.45, 7) is 4.09. The Labute approximate surface area is 167 Å². The van der Waals surface area contributed by atoms with Crippen LogP contribution in [0.15, 0.2) is 59.4 Å². The molecule has 0 bridgehead atoms. The van der Waals surface area contributed by atoms with Crippen LogP contribution in [0.2, 0.25) is 0 Å². The summed E-state index contributed by atoms with van der Waals surface area (Å²) in [6, 6.07) is 16.2. The fraction of sp³-hybridized carbons (Fsp3) is 0.227. The third kappa shape index (κ3) is 3.35. The van der Waals surface area contributed by atoms with Crippen molar-refractivity contribution in [1.82, 2.24) is 19.5 Å². The van der Waals surface area contributed by atoms with Gasteiger partial charge in [0.2, 0.25) is 5.91 Å². The molecule has 2 aromatic heterocycles. The van der Waals surface area contributed by atoms with Crippen molar-refractivity contribution < 1.29 is 9.53 Å². The highest BCUT2D eigenvalue weighted by Gasteiger charge is 2.22. The molecule has 7 nitrogen and oxygen atoms in total. The molecule has 1 atom stereocenters. The Morgan fingerprint density at radius 3 is 2.62 bits per heavy atom. The van der Waals surface area contributed by atoms with Crippen LogP contribution in [-0.4, -0.2) is 27.2 Å². The number of hydrogen-bond acceptors (Lipinski definition) is 4. The second kappa shape index (κ2) is 7.43. The van der Waals surface area contributed by atoms with Gasteiger partial charge in [-0.05, 0) is 43.7 Å². The van der Waals surface area contributed by atoms with Gasteiger partial charge in [0.25, 0.3) is 5.56 Å². The number of benzene rings is 2. The van der Waals surface area contributed by atoms with Gasteiger partial charge in [0.1, 0.15) is 11.8 Å². The minimum atomic E-state index is -0.501. The summed E-state index contributed by atoms with van der Waals surface area (Å²) in [4.78, 5) is 29.1. The molecule has 148 valence electrons. The number of hydrogen-bond donors (Lipinski definition) is 1. The number of nitrogens with zero attached hydrogens (tertiary/aromatic N) is 3. The summed E-state index contributed by atoms with van der Waals surface area (Å²) in [6.07, 6.45) is 0. The molecule has 29 heavy (non-hydrogen) atoms. The van der Waals surface area contributed by atoms with Crippen molar-refractivity contribution in [3.8, 4) is 5.75 Å². The van der Waals surface area contributed by atoms with Gasteiger partial charge in [-0.25, -0.2) is 4.52 Å². The van der Waals surface area contributed by atoms with E-state index in [2.05, 4.69) is 10.3 Å². The van der Waals surface area contributed by atoms with Crippen molar-refractivity contribution in [1.29, 1.82) is 0 Å². The third-order valence-electron chi connectivity index (χ3n) is 5.06. The van der Waals surface area contributed by atoms with E-state index in [1.807, 2.05) is 71.6 Å². The molecule has 0 spiro atoms. The second-order valence-corrected chi connectivity index (χ2v) is 6.97. The molecule has 0 fully saturated rings. The summed E-state index contributed by atoms with van der Waals surface area (Å²) in [5.74, 6) is 0.650. The quantitative estimate of drug-likeness (QED) is 0.568. The number of aryl methyl sites for hydroxylation is 1. The van der Waals surface area contributed by atoms with Gasteiger partial charge in [-0.1, -0.05) is 24.3 Å². The highest BCUT2D eigenvalue weighted by atomic mass is 16.5. The van der Waals surface area contributed by atoms with Crippen molar-refractivity contribution in [2.24, 2.45) is 0 Å². The molecular weight excluding hydrogens is 368 g/mol. The predicted molar refractivity (Wildman–Crippen MR) is 111 cm³/mol. The van der Waals surface area contributed by atoms with Crippen LogP contribution >= 0.6 is 0 Å². The number of para-hydroxylation sites is 1. The van der Waals surface area contributed by atoms with Crippen LogP contribution < -0.4 is 15.6 Å². The van der Waals surface area contributed by atoms with Crippen LogP contribution in [0.1, 0.15) is 24.2 Å². The molecular formula is C22H22N4O3. The first-order valence-corrected chi connectivity index (χ1v) is 9.40. The lowest BCUT2D eigenvalue weighted by molar-refractivity contribution is -0.124. The normalized spacial score (nSPS) is 12.2. The number of methoxy groups -OCH3 is 1. The largest absolute Gasteiger partial charge is 0.497 e. The maximum absolute atomic E-state index is 13.0. The number of rotatable bonds is 5. The molecule has 0 aliphatic rings. The molecule has 0 saturated carbocycles. The van der Waals surface area contributed by atoms with E-state index in [9.17, 15) is 9.59 Å². The number of carbonyl (C=O) groups excluding carboxylic acids is 1. The van der Waals surface area contributed by atoms with Crippen molar-refractivity contribution >= 4 is 22.5 Å². The van der Waals surface area contributed by atoms with Crippen LogP contribution in [-0.2, 0) is 11.3 Å². The summed E-state index contributed by atoms with van der Waals surface area (Å²) in [5.41, 5.74) is 2.82. The van der Waals surface area contributed by atoms with Crippen LogP contribution in [0.5, 0.6) is 5.75 Å². The van der Waals surface area contributed by atoms with Gasteiger partial charge in [-0.3, -0.25) is 14.3 Å². The summed E-state index contributed by atoms with van der Waals surface area (Å²) in [7, 11) is 1.62. The van der Waals surface area contributed by atoms with Crippen LogP contribution in [0.3, 0.4) is 0 Å². The van der Waals surface area contributed by atoms with Crippen LogP contribution in [0.4, 0.5) is 0 Å². The van der Waals surface area contributed by atoms with Crippen molar-refractivity contribution in [3.05, 3.63) is 76.2 Å². The van der Waals surface area contributed by atoms with E-state index in [0.717, 1.165) is 27.9 Å². The van der Waals surface area contributed by atoms with Gasteiger partial charge < -0.3 is 10.1 Å². The zero-order valence-corrected chi connectivity index (χ0v) is 16.5. The average Bonchev–Trinajstić information content (AvgIpc) is 3.06. The molecule has 1 N–H and O–H groups in total. The minimum Gasteiger partial charge on any atom is -0.497 e. The van der Waals surface area contributed by atoms with Crippen LogP contribution in [0.25, 0.3) is 16.6 Å². The van der Waals surface area contributed by atoms with E-state index in [0.29, 0.717) is 12.2 Å². The number of aromatic nitrogens is 3. The topological polar surface area (TPSA) is 77.6 Å². The summed E-state index contributed by atoms with van der Waals surface area (Å²) in [5, 5.41) is 3.82. The Morgan fingerprint density at radius 2 is 1.90 bits per heavy atom. The SMILES string of the molecule is COc1ccc(CNC(=O)C(C)n2c3ccccc3c3nc(=O)cc(C)n32)cc1. The fourth-order valence-electron chi connectivity index (χ4n) is 3.58. The lowest BCUT2D eigenvalue weighted by atomic mass is 10.2. The molecule has 2 aromatic carbocycles. The van der Waals surface area contributed by atoms with Gasteiger partial charge in [-0.2, -0.15) is 4.98 Å². The first kappa shape index (κ1) is 18.7. The maximum atomic E-state index is 13.0. The molecule has 0 radical (unpaired) electrons. The number of fused-ring (bicyclic) bond motifs is 3. The summed E-state index contributed by atoms with van der Waals surface area (Å²) >= 11 is 0. The maximum Gasteiger partial charge on any atom is 0.273 e.